The van der Waals surface area contributed by atoms with Crippen LogP contribution in [-0.2, 0) is 46.5 Å². The lowest BCUT2D eigenvalue weighted by molar-refractivity contribution is -0.144. The first kappa shape index (κ1) is 53.2. The number of aromatic nitrogens is 3. The second-order valence-corrected chi connectivity index (χ2v) is 19.7. The Morgan fingerprint density at radius 3 is 2.08 bits per heavy atom. The maximum atomic E-state index is 14.6. The van der Waals surface area contributed by atoms with E-state index in [0.717, 1.165) is 24.8 Å². The molecular weight excluding hydrogens is 845 g/mol. The molecule has 4 rings (SSSR count). The van der Waals surface area contributed by atoms with Crippen molar-refractivity contribution in [1.82, 2.24) is 62.4 Å². The lowest BCUT2D eigenvalue weighted by atomic mass is 9.85. The molecule has 366 valence electrons. The van der Waals surface area contributed by atoms with E-state index in [9.17, 15) is 33.6 Å². The second-order valence-electron chi connectivity index (χ2n) is 19.7. The van der Waals surface area contributed by atoms with E-state index >= 15 is 0 Å². The largest absolute Gasteiger partial charge is 0.352 e. The molecule has 0 saturated carbocycles. The molecule has 0 bridgehead atoms. The van der Waals surface area contributed by atoms with Gasteiger partial charge in [-0.1, -0.05) is 77.9 Å². The number of hydrogen-bond donors (Lipinski definition) is 8. The zero-order chi connectivity index (χ0) is 49.0. The van der Waals surface area contributed by atoms with Gasteiger partial charge < -0.3 is 47.4 Å². The van der Waals surface area contributed by atoms with Gasteiger partial charge in [0, 0.05) is 25.4 Å². The molecule has 1 aliphatic carbocycles. The molecule has 0 spiro atoms. The summed E-state index contributed by atoms with van der Waals surface area (Å²) in [6.45, 7) is 18.5. The quantitative estimate of drug-likeness (QED) is 0.0893. The fraction of sp³-hybridized carbons (Fsp3) is 0.681. The summed E-state index contributed by atoms with van der Waals surface area (Å²) in [5, 5.41) is 31.9. The minimum atomic E-state index is -1.06. The van der Waals surface area contributed by atoms with Crippen molar-refractivity contribution < 1.29 is 33.6 Å². The third-order valence-electron chi connectivity index (χ3n) is 12.9. The number of nitrogens with zero attached hydrogens (tertiary/aromatic N) is 4. The number of benzene rings is 1. The highest BCUT2D eigenvalue weighted by molar-refractivity contribution is 5.95. The molecule has 2 aliphatic rings. The molecule has 2 heterocycles. The van der Waals surface area contributed by atoms with Crippen LogP contribution in [0.2, 0.25) is 0 Å². The lowest BCUT2D eigenvalue weighted by Crippen LogP contribution is -2.59. The molecule has 19 nitrogen and oxygen atoms in total. The Hall–Kier alpha value is -5.43. The van der Waals surface area contributed by atoms with E-state index in [1.807, 2.05) is 59.7 Å². The van der Waals surface area contributed by atoms with Gasteiger partial charge in [0.05, 0.1) is 36.9 Å². The summed E-state index contributed by atoms with van der Waals surface area (Å²) < 4.78 is 1.60. The van der Waals surface area contributed by atoms with Gasteiger partial charge in [0.1, 0.15) is 29.9 Å². The van der Waals surface area contributed by atoms with E-state index < -0.39 is 65.4 Å². The average molecular weight is 921 g/mol. The van der Waals surface area contributed by atoms with Crippen LogP contribution < -0.4 is 42.5 Å². The third kappa shape index (κ3) is 14.3. The number of rotatable bonds is 21. The van der Waals surface area contributed by atoms with Gasteiger partial charge in [0.15, 0.2) is 0 Å². The SMILES string of the molecule is CN[C@@H](C)C(=O)NC(C(=O)N[C@@H](CCC(=O)NCc1cn([C@H]2C[C@@H](C(=O)N[C@@H]3CCCc4ccccc43)N(C(=O)[C@@H](NC(=O)[C@H](C)NC)C(C)(C)C)C2)nn1)C(=O)N[C@H](C)C(C)C)C(C)C. The van der Waals surface area contributed by atoms with Crippen molar-refractivity contribution in [2.75, 3.05) is 20.6 Å². The molecule has 66 heavy (non-hydrogen) atoms. The monoisotopic (exact) mass is 921 g/mol. The summed E-state index contributed by atoms with van der Waals surface area (Å²) in [6, 6.07) is 2.31. The first-order valence-electron chi connectivity index (χ1n) is 23.5. The molecular formula is C47H76N12O7. The molecule has 8 N–H and O–H groups in total. The number of hydrogen-bond acceptors (Lipinski definition) is 11. The molecule has 7 amide bonds. The van der Waals surface area contributed by atoms with Crippen LogP contribution in [0.1, 0.15) is 130 Å². The highest BCUT2D eigenvalue weighted by atomic mass is 16.2. The van der Waals surface area contributed by atoms with Crippen molar-refractivity contribution in [2.24, 2.45) is 17.3 Å². The standard InChI is InChI=1S/C47H76N12O7/c1-26(2)28(5)51-43(63)36(53-45(65)39(27(3)4)54-41(61)29(6)48-11)20-21-38(60)50-23-32-24-59(57-56-32)33-22-37(44(64)52-35-19-15-17-31-16-13-14-18-34(31)35)58(25-33)46(66)40(47(8,9)10)55-42(62)30(7)49-12/h13-14,16,18,24,26-30,33,35-37,39-40,48-49H,15,17,19-23,25H2,1-12H3,(H,50,60)(H,51,63)(H,52,64)(H,53,65)(H,54,61)(H,55,62)/t28-,29+,30+,33+,35-,36+,37+,39?,40-/m1/s1. The van der Waals surface area contributed by atoms with E-state index in [1.54, 1.807) is 57.6 Å². The molecule has 1 saturated heterocycles. The summed E-state index contributed by atoms with van der Waals surface area (Å²) in [6.07, 6.45) is 4.39. The number of carbonyl (C=O) groups excluding carboxylic acids is 7. The van der Waals surface area contributed by atoms with Crippen molar-refractivity contribution in [1.29, 1.82) is 0 Å². The number of amides is 7. The number of likely N-dealkylation sites (N-methyl/N-ethyl adjacent to an activating group) is 2. The Morgan fingerprint density at radius 2 is 1.45 bits per heavy atom. The third-order valence-corrected chi connectivity index (χ3v) is 12.9. The zero-order valence-corrected chi connectivity index (χ0v) is 41.0. The van der Waals surface area contributed by atoms with Gasteiger partial charge in [-0.15, -0.1) is 5.10 Å². The van der Waals surface area contributed by atoms with Crippen LogP contribution in [0.3, 0.4) is 0 Å². The van der Waals surface area contributed by atoms with Crippen molar-refractivity contribution in [3.05, 3.63) is 47.3 Å². The predicted octanol–water partition coefficient (Wildman–Crippen LogP) is 1.54. The van der Waals surface area contributed by atoms with Crippen LogP contribution in [0.25, 0.3) is 0 Å². The number of nitrogens with one attached hydrogen (secondary N) is 8. The van der Waals surface area contributed by atoms with Crippen LogP contribution in [0.4, 0.5) is 0 Å². The Morgan fingerprint density at radius 1 is 0.803 bits per heavy atom. The van der Waals surface area contributed by atoms with Crippen molar-refractivity contribution in [3.63, 3.8) is 0 Å². The van der Waals surface area contributed by atoms with Crippen molar-refractivity contribution in [3.8, 4) is 0 Å². The Balaban J connectivity index is 1.48. The van der Waals surface area contributed by atoms with Crippen LogP contribution >= 0.6 is 0 Å². The van der Waals surface area contributed by atoms with Crippen molar-refractivity contribution in [2.45, 2.75) is 169 Å². The first-order valence-corrected chi connectivity index (χ1v) is 23.5. The van der Waals surface area contributed by atoms with E-state index in [0.29, 0.717) is 5.69 Å². The molecule has 1 aromatic heterocycles. The van der Waals surface area contributed by atoms with Gasteiger partial charge >= 0.3 is 0 Å². The smallest absolute Gasteiger partial charge is 0.246 e. The topological polar surface area (TPSA) is 250 Å². The van der Waals surface area contributed by atoms with Gasteiger partial charge in [-0.05, 0) is 88.9 Å². The number of aryl methyl sites for hydroxylation is 1. The van der Waals surface area contributed by atoms with E-state index in [4.69, 9.17) is 0 Å². The molecule has 19 heteroatoms. The Kier molecular flexibility index (Phi) is 19.2. The highest BCUT2D eigenvalue weighted by Gasteiger charge is 2.46. The fourth-order valence-electron chi connectivity index (χ4n) is 7.97. The summed E-state index contributed by atoms with van der Waals surface area (Å²) in [5.74, 6) is -2.93. The zero-order valence-electron chi connectivity index (χ0n) is 41.0. The van der Waals surface area contributed by atoms with Gasteiger partial charge in [0.2, 0.25) is 41.4 Å². The minimum absolute atomic E-state index is 0.000308. The normalized spacial score (nSPS) is 20.0. The van der Waals surface area contributed by atoms with E-state index in [-0.39, 0.29) is 79.9 Å². The lowest BCUT2D eigenvalue weighted by Gasteiger charge is -2.36. The van der Waals surface area contributed by atoms with Gasteiger partial charge in [0.25, 0.3) is 0 Å². The van der Waals surface area contributed by atoms with Crippen LogP contribution in [0.5, 0.6) is 0 Å². The highest BCUT2D eigenvalue weighted by Crippen LogP contribution is 2.34. The Bertz CT molecular complexity index is 2010. The summed E-state index contributed by atoms with van der Waals surface area (Å²) in [5.41, 5.74) is 1.99. The molecule has 0 radical (unpaired) electrons. The molecule has 1 unspecified atom stereocenters. The number of likely N-dealkylation sites (tertiary alicyclic amines) is 1. The van der Waals surface area contributed by atoms with Gasteiger partial charge in [-0.2, -0.15) is 0 Å². The van der Waals surface area contributed by atoms with E-state index in [2.05, 4.69) is 58.9 Å². The minimum Gasteiger partial charge on any atom is -0.352 e. The van der Waals surface area contributed by atoms with Gasteiger partial charge in [-0.25, -0.2) is 4.68 Å². The molecule has 2 aromatic rings. The van der Waals surface area contributed by atoms with Crippen LogP contribution in [0, 0.1) is 17.3 Å². The molecule has 1 fully saturated rings. The summed E-state index contributed by atoms with van der Waals surface area (Å²) >= 11 is 0. The molecule has 1 aromatic carbocycles. The number of fused-ring (bicyclic) bond motifs is 1. The Labute approximate surface area is 390 Å². The maximum Gasteiger partial charge on any atom is 0.246 e. The van der Waals surface area contributed by atoms with E-state index in [1.165, 1.54) is 5.56 Å². The summed E-state index contributed by atoms with van der Waals surface area (Å²) in [4.78, 5) is 96.6. The predicted molar refractivity (Wildman–Crippen MR) is 250 cm³/mol. The first-order chi connectivity index (χ1) is 31.1. The van der Waals surface area contributed by atoms with Crippen LogP contribution in [-0.4, -0.2) is 124 Å². The van der Waals surface area contributed by atoms with Crippen LogP contribution in [0.15, 0.2) is 30.5 Å². The van der Waals surface area contributed by atoms with Crippen molar-refractivity contribution >= 4 is 41.4 Å². The van der Waals surface area contributed by atoms with Gasteiger partial charge in [-0.3, -0.25) is 33.6 Å². The molecule has 9 atom stereocenters. The maximum absolute atomic E-state index is 14.6. The second kappa shape index (κ2) is 23.8. The molecule has 1 aliphatic heterocycles. The number of carbonyl (C=O) groups is 7. The summed E-state index contributed by atoms with van der Waals surface area (Å²) in [7, 11) is 3.30. The average Bonchev–Trinajstić information content (AvgIpc) is 3.95. The fourth-order valence-corrected chi connectivity index (χ4v) is 7.97.